The molecule has 1 aliphatic heterocycles. The van der Waals surface area contributed by atoms with E-state index in [0.717, 1.165) is 49.8 Å². The second-order valence-corrected chi connectivity index (χ2v) is 13.6. The van der Waals surface area contributed by atoms with Gasteiger partial charge in [0.15, 0.2) is 0 Å². The van der Waals surface area contributed by atoms with Crippen LogP contribution in [0.3, 0.4) is 0 Å². The maximum atomic E-state index is 11.9. The van der Waals surface area contributed by atoms with Gasteiger partial charge in [0.1, 0.15) is 23.2 Å². The maximum Gasteiger partial charge on any atom is 0.308 e. The number of rotatable bonds is 2. The van der Waals surface area contributed by atoms with Crippen molar-refractivity contribution in [1.29, 1.82) is 0 Å². The summed E-state index contributed by atoms with van der Waals surface area (Å²) in [6.07, 6.45) is 7.54. The van der Waals surface area contributed by atoms with E-state index in [1.165, 1.54) is 18.9 Å². The van der Waals surface area contributed by atoms with Gasteiger partial charge >= 0.3 is 11.9 Å². The Morgan fingerprint density at radius 3 is 2.17 bits per heavy atom. The molecule has 1 aromatic carbocycles. The lowest BCUT2D eigenvalue weighted by Gasteiger charge is -2.69. The monoisotopic (exact) mass is 496 g/mol. The number of esters is 2. The normalized spacial score (nSPS) is 40.4. The maximum absolute atomic E-state index is 11.9. The molecule has 3 saturated carbocycles. The van der Waals surface area contributed by atoms with Crippen molar-refractivity contribution >= 4 is 11.9 Å². The van der Waals surface area contributed by atoms with Crippen molar-refractivity contribution in [2.45, 2.75) is 112 Å². The largest absolute Gasteiger partial charge is 0.487 e. The summed E-state index contributed by atoms with van der Waals surface area (Å²) in [7, 11) is 0. The molecule has 5 rings (SSSR count). The molecule has 1 aromatic rings. The van der Waals surface area contributed by atoms with Gasteiger partial charge in [0.05, 0.1) is 0 Å². The molecule has 3 fully saturated rings. The molecule has 36 heavy (non-hydrogen) atoms. The molecule has 4 aliphatic rings. The third-order valence-corrected chi connectivity index (χ3v) is 11.1. The fourth-order valence-electron chi connectivity index (χ4n) is 9.71. The number of ether oxygens (including phenoxy) is 3. The SMILES string of the molecule is CC(=O)Oc1cc(C)c2c(c1)CC1[C@@]3(C)CC[C@H]4C(C)(C)C(OC(C)=O)CCC4(C)C3CC[C@@]1(C)O2. The van der Waals surface area contributed by atoms with Crippen molar-refractivity contribution in [3.8, 4) is 11.5 Å². The van der Waals surface area contributed by atoms with Crippen LogP contribution in [-0.2, 0) is 20.7 Å². The molecule has 0 N–H and O–H groups in total. The Morgan fingerprint density at radius 1 is 0.861 bits per heavy atom. The van der Waals surface area contributed by atoms with Gasteiger partial charge < -0.3 is 14.2 Å². The number of aryl methyl sites for hydroxylation is 1. The lowest BCUT2D eigenvalue weighted by Crippen LogP contribution is -2.66. The molecule has 0 saturated heterocycles. The van der Waals surface area contributed by atoms with Crippen LogP contribution in [0.2, 0.25) is 0 Å². The molecule has 198 valence electrons. The van der Waals surface area contributed by atoms with E-state index >= 15 is 0 Å². The summed E-state index contributed by atoms with van der Waals surface area (Å²) in [5.41, 5.74) is 2.35. The Kier molecular flexibility index (Phi) is 5.85. The molecular weight excluding hydrogens is 452 g/mol. The van der Waals surface area contributed by atoms with Gasteiger partial charge in [-0.2, -0.15) is 0 Å². The minimum absolute atomic E-state index is 0.00106. The molecule has 1 heterocycles. The predicted molar refractivity (Wildman–Crippen MR) is 139 cm³/mol. The molecule has 0 spiro atoms. The number of carbonyl (C=O) groups excluding carboxylic acids is 2. The minimum Gasteiger partial charge on any atom is -0.487 e. The van der Waals surface area contributed by atoms with Gasteiger partial charge in [0.25, 0.3) is 0 Å². The number of hydrogen-bond donors (Lipinski definition) is 0. The van der Waals surface area contributed by atoms with Gasteiger partial charge in [0, 0.05) is 25.2 Å². The molecule has 7 atom stereocenters. The average molecular weight is 497 g/mol. The summed E-state index contributed by atoms with van der Waals surface area (Å²) in [5.74, 6) is 2.67. The Balaban J connectivity index is 1.50. The Labute approximate surface area is 216 Å². The number of benzene rings is 1. The van der Waals surface area contributed by atoms with E-state index < -0.39 is 0 Å². The second kappa shape index (κ2) is 8.23. The predicted octanol–water partition coefficient (Wildman–Crippen LogP) is 6.81. The second-order valence-electron chi connectivity index (χ2n) is 13.6. The smallest absolute Gasteiger partial charge is 0.308 e. The minimum atomic E-state index is -0.293. The van der Waals surface area contributed by atoms with Crippen LogP contribution < -0.4 is 9.47 Å². The first-order chi connectivity index (χ1) is 16.7. The van der Waals surface area contributed by atoms with E-state index in [-0.39, 0.29) is 39.9 Å². The van der Waals surface area contributed by atoms with Gasteiger partial charge in [-0.15, -0.1) is 0 Å². The van der Waals surface area contributed by atoms with Gasteiger partial charge in [0.2, 0.25) is 0 Å². The van der Waals surface area contributed by atoms with Crippen LogP contribution in [0.25, 0.3) is 0 Å². The van der Waals surface area contributed by atoms with E-state index in [4.69, 9.17) is 14.2 Å². The van der Waals surface area contributed by atoms with Crippen LogP contribution in [0.5, 0.6) is 11.5 Å². The van der Waals surface area contributed by atoms with E-state index in [2.05, 4.69) is 41.5 Å². The van der Waals surface area contributed by atoms with Crippen molar-refractivity contribution in [3.05, 3.63) is 23.3 Å². The van der Waals surface area contributed by atoms with E-state index in [9.17, 15) is 9.59 Å². The van der Waals surface area contributed by atoms with Gasteiger partial charge in [-0.3, -0.25) is 9.59 Å². The zero-order valence-corrected chi connectivity index (χ0v) is 23.5. The van der Waals surface area contributed by atoms with Crippen molar-refractivity contribution in [3.63, 3.8) is 0 Å². The third-order valence-electron chi connectivity index (χ3n) is 11.1. The summed E-state index contributed by atoms with van der Waals surface area (Å²) < 4.78 is 18.2. The summed E-state index contributed by atoms with van der Waals surface area (Å²) in [5, 5.41) is 0. The van der Waals surface area contributed by atoms with Crippen LogP contribution in [-0.4, -0.2) is 23.6 Å². The molecule has 0 bridgehead atoms. The van der Waals surface area contributed by atoms with Crippen molar-refractivity contribution in [1.82, 2.24) is 0 Å². The highest BCUT2D eigenvalue weighted by Crippen LogP contribution is 2.71. The fourth-order valence-corrected chi connectivity index (χ4v) is 9.71. The van der Waals surface area contributed by atoms with Gasteiger partial charge in [-0.25, -0.2) is 0 Å². The topological polar surface area (TPSA) is 61.8 Å². The van der Waals surface area contributed by atoms with Crippen LogP contribution in [0.4, 0.5) is 0 Å². The lowest BCUT2D eigenvalue weighted by molar-refractivity contribution is -0.228. The standard InChI is InChI=1S/C31H44O5/c1-18-15-22(34-19(2)32)16-21-17-25-30(7)12-9-23-28(4,5)26(35-20(3)33)11-13-29(23,6)24(30)10-14-31(25,8)36-27(18)21/h15-16,23-26H,9-14,17H2,1-8H3/t23-,24?,25?,26?,29?,30-,31+/m0/s1. The van der Waals surface area contributed by atoms with Crippen molar-refractivity contribution in [2.24, 2.45) is 34.0 Å². The molecule has 0 aromatic heterocycles. The molecule has 4 unspecified atom stereocenters. The first kappa shape index (κ1) is 25.6. The highest BCUT2D eigenvalue weighted by molar-refractivity contribution is 5.70. The molecule has 5 nitrogen and oxygen atoms in total. The van der Waals surface area contributed by atoms with Crippen molar-refractivity contribution < 1.29 is 23.8 Å². The summed E-state index contributed by atoms with van der Waals surface area (Å²) in [6, 6.07) is 3.95. The van der Waals surface area contributed by atoms with Gasteiger partial charge in [-0.1, -0.05) is 27.7 Å². The van der Waals surface area contributed by atoms with Crippen LogP contribution >= 0.6 is 0 Å². The van der Waals surface area contributed by atoms with E-state index in [0.29, 0.717) is 23.5 Å². The van der Waals surface area contributed by atoms with Crippen LogP contribution in [0.15, 0.2) is 12.1 Å². The van der Waals surface area contributed by atoms with Crippen LogP contribution in [0, 0.1) is 40.9 Å². The average Bonchev–Trinajstić information content (AvgIpc) is 2.74. The van der Waals surface area contributed by atoms with E-state index in [1.807, 2.05) is 12.1 Å². The number of fused-ring (bicyclic) bond motifs is 6. The zero-order chi connectivity index (χ0) is 26.3. The Hall–Kier alpha value is -2.04. The van der Waals surface area contributed by atoms with Gasteiger partial charge in [-0.05, 0) is 105 Å². The third kappa shape index (κ3) is 3.70. The quantitative estimate of drug-likeness (QED) is 0.332. The number of hydrogen-bond acceptors (Lipinski definition) is 5. The highest BCUT2D eigenvalue weighted by atomic mass is 16.5. The van der Waals surface area contributed by atoms with Crippen molar-refractivity contribution in [2.75, 3.05) is 0 Å². The van der Waals surface area contributed by atoms with E-state index in [1.54, 1.807) is 6.92 Å². The number of carbonyl (C=O) groups is 2. The first-order valence-electron chi connectivity index (χ1n) is 13.9. The summed E-state index contributed by atoms with van der Waals surface area (Å²) in [4.78, 5) is 23.5. The lowest BCUT2D eigenvalue weighted by atomic mass is 9.37. The fraction of sp³-hybridized carbons (Fsp3) is 0.742. The molecule has 0 amide bonds. The zero-order valence-electron chi connectivity index (χ0n) is 23.5. The molecular formula is C31H44O5. The molecule has 5 heteroatoms. The summed E-state index contributed by atoms with van der Waals surface area (Å²) >= 11 is 0. The molecule has 3 aliphatic carbocycles. The Bertz CT molecular complexity index is 1090. The first-order valence-corrected chi connectivity index (χ1v) is 13.9. The Morgan fingerprint density at radius 2 is 1.50 bits per heavy atom. The summed E-state index contributed by atoms with van der Waals surface area (Å²) in [6.45, 7) is 17.1. The molecule has 0 radical (unpaired) electrons. The van der Waals surface area contributed by atoms with Crippen LogP contribution in [0.1, 0.15) is 98.1 Å². The highest BCUT2D eigenvalue weighted by Gasteiger charge is 2.67.